The molecule has 0 aromatic carbocycles. The molecule has 0 aliphatic rings. The minimum atomic E-state index is -3.69. The van der Waals surface area contributed by atoms with Crippen LogP contribution in [0.2, 0.25) is 0 Å². The van der Waals surface area contributed by atoms with Gasteiger partial charge in [0.15, 0.2) is 0 Å². The Hall–Kier alpha value is -0.780. The first-order valence-electron chi connectivity index (χ1n) is 5.44. The second kappa shape index (κ2) is 5.92. The second-order valence-corrected chi connectivity index (χ2v) is 9.74. The Morgan fingerprint density at radius 2 is 1.85 bits per heavy atom. The fourth-order valence-corrected chi connectivity index (χ4v) is 5.29. The van der Waals surface area contributed by atoms with Crippen LogP contribution in [0.1, 0.15) is 4.88 Å². The predicted octanol–water partition coefficient (Wildman–Crippen LogP) is 0.978. The summed E-state index contributed by atoms with van der Waals surface area (Å²) >= 11 is 2.18. The smallest absolute Gasteiger partial charge is 0.224 e. The summed E-state index contributed by atoms with van der Waals surface area (Å²) in [6.45, 7) is 0.199. The molecule has 0 fully saturated rings. The van der Waals surface area contributed by atoms with Gasteiger partial charge in [-0.2, -0.15) is 0 Å². The molecule has 0 saturated carbocycles. The van der Waals surface area contributed by atoms with Crippen LogP contribution >= 0.6 is 22.7 Å². The van der Waals surface area contributed by atoms with E-state index in [0.29, 0.717) is 6.42 Å². The van der Waals surface area contributed by atoms with Crippen molar-refractivity contribution in [2.45, 2.75) is 14.8 Å². The normalized spacial score (nSPS) is 12.7. The van der Waals surface area contributed by atoms with Crippen LogP contribution in [0.3, 0.4) is 0 Å². The Labute approximate surface area is 125 Å². The van der Waals surface area contributed by atoms with Crippen molar-refractivity contribution in [3.05, 3.63) is 34.5 Å². The molecule has 0 radical (unpaired) electrons. The topological polar surface area (TPSA) is 106 Å². The Morgan fingerprint density at radius 3 is 2.40 bits per heavy atom. The molecule has 0 amide bonds. The Bertz CT molecular complexity index is 775. The van der Waals surface area contributed by atoms with Gasteiger partial charge in [0, 0.05) is 11.4 Å². The van der Waals surface area contributed by atoms with Crippen molar-refractivity contribution in [1.29, 1.82) is 0 Å². The number of sulfonamides is 2. The van der Waals surface area contributed by atoms with Crippen LogP contribution in [0.5, 0.6) is 0 Å². The molecule has 3 N–H and O–H groups in total. The first-order valence-corrected chi connectivity index (χ1v) is 10.2. The molecule has 20 heavy (non-hydrogen) atoms. The summed E-state index contributed by atoms with van der Waals surface area (Å²) in [7, 11) is -7.17. The highest BCUT2D eigenvalue weighted by Gasteiger charge is 2.15. The number of primary sulfonamides is 1. The van der Waals surface area contributed by atoms with Gasteiger partial charge < -0.3 is 0 Å². The number of nitrogens with two attached hydrogens (primary N) is 1. The molecule has 0 unspecified atom stereocenters. The zero-order chi connectivity index (χ0) is 14.8. The highest BCUT2D eigenvalue weighted by molar-refractivity contribution is 7.91. The third kappa shape index (κ3) is 3.87. The fraction of sp³-hybridized carbons (Fsp3) is 0.200. The van der Waals surface area contributed by atoms with Gasteiger partial charge in [0.05, 0.1) is 0 Å². The van der Waals surface area contributed by atoms with E-state index in [2.05, 4.69) is 4.72 Å². The summed E-state index contributed by atoms with van der Waals surface area (Å²) < 4.78 is 48.7. The lowest BCUT2D eigenvalue weighted by Gasteiger charge is -2.03. The van der Waals surface area contributed by atoms with E-state index in [9.17, 15) is 16.8 Å². The number of rotatable bonds is 6. The van der Waals surface area contributed by atoms with Crippen molar-refractivity contribution in [3.8, 4) is 0 Å². The van der Waals surface area contributed by atoms with E-state index in [0.717, 1.165) is 27.6 Å². The molecular weight excluding hydrogens is 340 g/mol. The van der Waals surface area contributed by atoms with Crippen LogP contribution in [0.25, 0.3) is 0 Å². The first kappa shape index (κ1) is 15.6. The zero-order valence-electron chi connectivity index (χ0n) is 10.1. The van der Waals surface area contributed by atoms with Crippen LogP contribution in [0.4, 0.5) is 0 Å². The number of hydrogen-bond acceptors (Lipinski definition) is 6. The number of hydrogen-bond donors (Lipinski definition) is 2. The quantitative estimate of drug-likeness (QED) is 0.808. The largest absolute Gasteiger partial charge is 0.250 e. The molecule has 6 nitrogen and oxygen atoms in total. The zero-order valence-corrected chi connectivity index (χ0v) is 13.4. The van der Waals surface area contributed by atoms with Crippen LogP contribution in [0, 0.1) is 0 Å². The molecule has 0 aliphatic carbocycles. The van der Waals surface area contributed by atoms with Crippen molar-refractivity contribution < 1.29 is 16.8 Å². The molecule has 0 bridgehead atoms. The predicted molar refractivity (Wildman–Crippen MR) is 78.9 cm³/mol. The molecule has 0 atom stereocenters. The monoisotopic (exact) mass is 352 g/mol. The molecule has 2 rings (SSSR count). The van der Waals surface area contributed by atoms with Gasteiger partial charge in [-0.25, -0.2) is 26.7 Å². The van der Waals surface area contributed by atoms with Gasteiger partial charge in [0.25, 0.3) is 0 Å². The lowest BCUT2D eigenvalue weighted by Crippen LogP contribution is -2.25. The van der Waals surface area contributed by atoms with Gasteiger partial charge in [0.1, 0.15) is 8.42 Å². The maximum atomic E-state index is 11.8. The van der Waals surface area contributed by atoms with Crippen molar-refractivity contribution in [3.63, 3.8) is 0 Å². The summed E-state index contributed by atoms with van der Waals surface area (Å²) in [6, 6.07) is 6.24. The number of nitrogens with one attached hydrogen (secondary N) is 1. The lowest BCUT2D eigenvalue weighted by atomic mass is 10.3. The standard InChI is InChI=1S/C10H12N2O4S4/c11-19(13,14)10-4-3-8(18-10)5-6-12-20(15,16)9-2-1-7-17-9/h1-4,7,12H,5-6H2,(H2,11,13,14). The van der Waals surface area contributed by atoms with Gasteiger partial charge >= 0.3 is 0 Å². The highest BCUT2D eigenvalue weighted by Crippen LogP contribution is 2.21. The van der Waals surface area contributed by atoms with E-state index in [4.69, 9.17) is 5.14 Å². The highest BCUT2D eigenvalue weighted by atomic mass is 32.3. The van der Waals surface area contributed by atoms with Gasteiger partial charge in [0.2, 0.25) is 20.0 Å². The second-order valence-electron chi connectivity index (χ2n) is 3.85. The Morgan fingerprint density at radius 1 is 1.10 bits per heavy atom. The van der Waals surface area contributed by atoms with Crippen LogP contribution in [-0.4, -0.2) is 23.4 Å². The molecule has 110 valence electrons. The third-order valence-electron chi connectivity index (χ3n) is 2.34. The molecule has 10 heteroatoms. The minimum absolute atomic E-state index is 0.0774. The average Bonchev–Trinajstić information content (AvgIpc) is 2.99. The molecular formula is C10H12N2O4S4. The molecule has 2 heterocycles. The molecule has 2 aromatic rings. The van der Waals surface area contributed by atoms with Crippen molar-refractivity contribution in [2.75, 3.05) is 6.54 Å². The summed E-state index contributed by atoms with van der Waals surface area (Å²) in [4.78, 5) is 0.753. The summed E-state index contributed by atoms with van der Waals surface area (Å²) in [5.41, 5.74) is 0. The fourth-order valence-electron chi connectivity index (χ4n) is 1.44. The SMILES string of the molecule is NS(=O)(=O)c1ccc(CCNS(=O)(=O)c2cccs2)s1. The Kier molecular flexibility index (Phi) is 4.62. The van der Waals surface area contributed by atoms with Gasteiger partial charge in [-0.1, -0.05) is 6.07 Å². The van der Waals surface area contributed by atoms with Crippen LogP contribution < -0.4 is 9.86 Å². The van der Waals surface area contributed by atoms with Crippen LogP contribution in [0.15, 0.2) is 38.1 Å². The van der Waals surface area contributed by atoms with Crippen LogP contribution in [-0.2, 0) is 26.5 Å². The summed E-state index contributed by atoms with van der Waals surface area (Å²) in [5.74, 6) is 0. The van der Waals surface area contributed by atoms with Crippen molar-refractivity contribution >= 4 is 42.7 Å². The lowest BCUT2D eigenvalue weighted by molar-refractivity contribution is 0.584. The molecule has 0 saturated heterocycles. The van der Waals surface area contributed by atoms with Gasteiger partial charge in [-0.3, -0.25) is 0 Å². The molecule has 2 aromatic heterocycles. The molecule has 0 spiro atoms. The average molecular weight is 352 g/mol. The van der Waals surface area contributed by atoms with E-state index in [-0.39, 0.29) is 15.0 Å². The van der Waals surface area contributed by atoms with E-state index < -0.39 is 20.0 Å². The maximum absolute atomic E-state index is 11.8. The maximum Gasteiger partial charge on any atom is 0.250 e. The number of thiophene rings is 2. The van der Waals surface area contributed by atoms with Crippen molar-refractivity contribution in [2.24, 2.45) is 5.14 Å². The van der Waals surface area contributed by atoms with E-state index in [1.165, 1.54) is 12.1 Å². The van der Waals surface area contributed by atoms with Gasteiger partial charge in [-0.05, 0) is 30.0 Å². The Balaban J connectivity index is 1.96. The summed E-state index contributed by atoms with van der Waals surface area (Å²) in [5, 5.41) is 6.69. The van der Waals surface area contributed by atoms with Crippen molar-refractivity contribution in [1.82, 2.24) is 4.72 Å². The van der Waals surface area contributed by atoms with E-state index >= 15 is 0 Å². The first-order chi connectivity index (χ1) is 9.29. The minimum Gasteiger partial charge on any atom is -0.224 e. The third-order valence-corrected chi connectivity index (χ3v) is 7.78. The summed E-state index contributed by atoms with van der Waals surface area (Å²) in [6.07, 6.45) is 0.408. The van der Waals surface area contributed by atoms with E-state index in [1.807, 2.05) is 0 Å². The van der Waals surface area contributed by atoms with E-state index in [1.54, 1.807) is 17.5 Å². The van der Waals surface area contributed by atoms with Gasteiger partial charge in [-0.15, -0.1) is 22.7 Å². The molecule has 0 aliphatic heterocycles.